The summed E-state index contributed by atoms with van der Waals surface area (Å²) in [5.41, 5.74) is 5.69. The van der Waals surface area contributed by atoms with E-state index in [1.165, 1.54) is 0 Å². The van der Waals surface area contributed by atoms with Crippen LogP contribution < -0.4 is 10.7 Å². The van der Waals surface area contributed by atoms with Crippen LogP contribution in [0.4, 0.5) is 5.69 Å². The highest BCUT2D eigenvalue weighted by Gasteiger charge is 2.21. The SMILES string of the molecule is CCOC(=O)C(CC)C(C)=NNC(=O)CCC(=O)Nc1ccc(C)cc1C. The van der Waals surface area contributed by atoms with E-state index in [1.807, 2.05) is 39.0 Å². The molecule has 1 aromatic carbocycles. The molecule has 148 valence electrons. The summed E-state index contributed by atoms with van der Waals surface area (Å²) in [6, 6.07) is 5.74. The Morgan fingerprint density at radius 2 is 1.78 bits per heavy atom. The van der Waals surface area contributed by atoms with Crippen molar-refractivity contribution < 1.29 is 19.1 Å². The van der Waals surface area contributed by atoms with Crippen LogP contribution in [0.2, 0.25) is 0 Å². The molecule has 0 aliphatic heterocycles. The van der Waals surface area contributed by atoms with Gasteiger partial charge in [-0.05, 0) is 45.7 Å². The van der Waals surface area contributed by atoms with Crippen molar-refractivity contribution >= 4 is 29.2 Å². The van der Waals surface area contributed by atoms with E-state index in [0.717, 1.165) is 16.8 Å². The smallest absolute Gasteiger partial charge is 0.314 e. The van der Waals surface area contributed by atoms with E-state index in [-0.39, 0.29) is 30.6 Å². The lowest BCUT2D eigenvalue weighted by Gasteiger charge is -2.13. The maximum absolute atomic E-state index is 12.0. The molecule has 1 aromatic rings. The molecule has 1 unspecified atom stereocenters. The number of nitrogens with one attached hydrogen (secondary N) is 2. The molecule has 0 radical (unpaired) electrons. The van der Waals surface area contributed by atoms with Crippen molar-refractivity contribution in [1.29, 1.82) is 0 Å². The third kappa shape index (κ3) is 7.60. The van der Waals surface area contributed by atoms with Crippen LogP contribution in [0, 0.1) is 19.8 Å². The van der Waals surface area contributed by atoms with E-state index in [4.69, 9.17) is 4.74 Å². The van der Waals surface area contributed by atoms with Crippen LogP contribution in [0.25, 0.3) is 0 Å². The minimum absolute atomic E-state index is 0.00369. The average molecular weight is 375 g/mol. The maximum Gasteiger partial charge on any atom is 0.314 e. The largest absolute Gasteiger partial charge is 0.465 e. The fourth-order valence-corrected chi connectivity index (χ4v) is 2.55. The zero-order chi connectivity index (χ0) is 20.4. The fourth-order valence-electron chi connectivity index (χ4n) is 2.55. The monoisotopic (exact) mass is 375 g/mol. The molecule has 1 rings (SSSR count). The highest BCUT2D eigenvalue weighted by Crippen LogP contribution is 2.16. The second kappa shape index (κ2) is 11.1. The molecule has 1 atom stereocenters. The van der Waals surface area contributed by atoms with Gasteiger partial charge in [0.1, 0.15) is 0 Å². The number of anilines is 1. The first-order chi connectivity index (χ1) is 12.8. The number of amides is 2. The summed E-state index contributed by atoms with van der Waals surface area (Å²) in [6.07, 6.45) is 0.578. The van der Waals surface area contributed by atoms with Gasteiger partial charge in [-0.2, -0.15) is 5.10 Å². The van der Waals surface area contributed by atoms with Gasteiger partial charge in [-0.25, -0.2) is 5.43 Å². The minimum atomic E-state index is -0.488. The van der Waals surface area contributed by atoms with Crippen molar-refractivity contribution in [3.63, 3.8) is 0 Å². The predicted octanol–water partition coefficient (Wildman–Crippen LogP) is 3.10. The van der Waals surface area contributed by atoms with E-state index in [0.29, 0.717) is 18.7 Å². The summed E-state index contributed by atoms with van der Waals surface area (Å²) in [5, 5.41) is 6.77. The molecule has 0 spiro atoms. The Hall–Kier alpha value is -2.70. The molecule has 0 aliphatic carbocycles. The van der Waals surface area contributed by atoms with Crippen molar-refractivity contribution in [2.24, 2.45) is 11.0 Å². The molecular formula is C20H29N3O4. The molecule has 0 fully saturated rings. The van der Waals surface area contributed by atoms with Gasteiger partial charge in [0.2, 0.25) is 11.8 Å². The van der Waals surface area contributed by atoms with Crippen LogP contribution in [-0.4, -0.2) is 30.1 Å². The molecular weight excluding hydrogens is 346 g/mol. The quantitative estimate of drug-likeness (QED) is 0.394. The van der Waals surface area contributed by atoms with Gasteiger partial charge in [0.05, 0.1) is 12.5 Å². The molecule has 27 heavy (non-hydrogen) atoms. The summed E-state index contributed by atoms with van der Waals surface area (Å²) in [7, 11) is 0. The number of rotatable bonds is 9. The van der Waals surface area contributed by atoms with Crippen LogP contribution >= 0.6 is 0 Å². The first kappa shape index (κ1) is 22.3. The number of ether oxygens (including phenoxy) is 1. The Kier molecular flexibility index (Phi) is 9.19. The normalized spacial score (nSPS) is 12.3. The Labute approximate surface area is 160 Å². The number of carbonyl (C=O) groups excluding carboxylic acids is 3. The summed E-state index contributed by atoms with van der Waals surface area (Å²) >= 11 is 0. The maximum atomic E-state index is 12.0. The van der Waals surface area contributed by atoms with Crippen LogP contribution in [0.15, 0.2) is 23.3 Å². The Bertz CT molecular complexity index is 713. The summed E-state index contributed by atoms with van der Waals surface area (Å²) < 4.78 is 4.99. The van der Waals surface area contributed by atoms with E-state index in [1.54, 1.807) is 13.8 Å². The summed E-state index contributed by atoms with van der Waals surface area (Å²) in [4.78, 5) is 35.8. The van der Waals surface area contributed by atoms with E-state index in [2.05, 4.69) is 15.8 Å². The molecule has 0 aromatic heterocycles. The van der Waals surface area contributed by atoms with Gasteiger partial charge in [-0.3, -0.25) is 14.4 Å². The lowest BCUT2D eigenvalue weighted by molar-refractivity contribution is -0.145. The highest BCUT2D eigenvalue weighted by molar-refractivity contribution is 6.01. The van der Waals surface area contributed by atoms with Crippen LogP contribution in [0.3, 0.4) is 0 Å². The lowest BCUT2D eigenvalue weighted by atomic mass is 10.0. The molecule has 2 amide bonds. The third-order valence-corrected chi connectivity index (χ3v) is 4.08. The van der Waals surface area contributed by atoms with Gasteiger partial charge in [-0.1, -0.05) is 24.6 Å². The Morgan fingerprint density at radius 1 is 1.11 bits per heavy atom. The van der Waals surface area contributed by atoms with Crippen LogP contribution in [-0.2, 0) is 19.1 Å². The van der Waals surface area contributed by atoms with Gasteiger partial charge >= 0.3 is 5.97 Å². The average Bonchev–Trinajstić information content (AvgIpc) is 2.61. The molecule has 0 saturated heterocycles. The van der Waals surface area contributed by atoms with Gasteiger partial charge in [0.25, 0.3) is 0 Å². The van der Waals surface area contributed by atoms with Crippen molar-refractivity contribution in [2.75, 3.05) is 11.9 Å². The molecule has 0 bridgehead atoms. The first-order valence-corrected chi connectivity index (χ1v) is 9.15. The van der Waals surface area contributed by atoms with Gasteiger partial charge < -0.3 is 10.1 Å². The van der Waals surface area contributed by atoms with Crippen molar-refractivity contribution in [3.8, 4) is 0 Å². The molecule has 2 N–H and O–H groups in total. The molecule has 0 saturated carbocycles. The van der Waals surface area contributed by atoms with Crippen LogP contribution in [0.1, 0.15) is 51.2 Å². The molecule has 7 heteroatoms. The number of hydrogen-bond donors (Lipinski definition) is 2. The number of esters is 1. The zero-order valence-electron chi connectivity index (χ0n) is 16.7. The van der Waals surface area contributed by atoms with Gasteiger partial charge in [0.15, 0.2) is 0 Å². The van der Waals surface area contributed by atoms with E-state index < -0.39 is 5.92 Å². The number of carbonyl (C=O) groups is 3. The fraction of sp³-hybridized carbons (Fsp3) is 0.500. The second-order valence-electron chi connectivity index (χ2n) is 6.37. The number of aryl methyl sites for hydroxylation is 2. The molecule has 0 heterocycles. The zero-order valence-corrected chi connectivity index (χ0v) is 16.7. The van der Waals surface area contributed by atoms with E-state index in [9.17, 15) is 14.4 Å². The molecule has 7 nitrogen and oxygen atoms in total. The number of hydrogen-bond acceptors (Lipinski definition) is 5. The first-order valence-electron chi connectivity index (χ1n) is 9.15. The summed E-state index contributed by atoms with van der Waals surface area (Å²) in [5.74, 6) is -1.47. The molecule has 0 aliphatic rings. The third-order valence-electron chi connectivity index (χ3n) is 4.08. The van der Waals surface area contributed by atoms with Crippen molar-refractivity contribution in [3.05, 3.63) is 29.3 Å². The topological polar surface area (TPSA) is 96.9 Å². The second-order valence-corrected chi connectivity index (χ2v) is 6.37. The van der Waals surface area contributed by atoms with Crippen molar-refractivity contribution in [1.82, 2.24) is 5.43 Å². The summed E-state index contributed by atoms with van der Waals surface area (Å²) in [6.45, 7) is 9.45. The standard InChI is InChI=1S/C20H29N3O4/c1-6-16(20(26)27-7-2)15(5)22-23-19(25)11-10-18(24)21-17-9-8-13(3)12-14(17)4/h8-9,12,16H,6-7,10-11H2,1-5H3,(H,21,24)(H,23,25). The van der Waals surface area contributed by atoms with Crippen LogP contribution in [0.5, 0.6) is 0 Å². The number of hydrazone groups is 1. The predicted molar refractivity (Wildman–Crippen MR) is 105 cm³/mol. The number of benzene rings is 1. The Balaban J connectivity index is 2.49. The van der Waals surface area contributed by atoms with Gasteiger partial charge in [-0.15, -0.1) is 0 Å². The van der Waals surface area contributed by atoms with Crippen molar-refractivity contribution in [2.45, 2.75) is 53.9 Å². The highest BCUT2D eigenvalue weighted by atomic mass is 16.5. The van der Waals surface area contributed by atoms with Gasteiger partial charge in [0, 0.05) is 24.2 Å². The Morgan fingerprint density at radius 3 is 2.37 bits per heavy atom. The van der Waals surface area contributed by atoms with E-state index >= 15 is 0 Å². The lowest BCUT2D eigenvalue weighted by Crippen LogP contribution is -2.27. The number of nitrogens with zero attached hydrogens (tertiary/aromatic N) is 1. The minimum Gasteiger partial charge on any atom is -0.465 e.